The van der Waals surface area contributed by atoms with E-state index in [4.69, 9.17) is 5.11 Å². The number of carboxylic acids is 1. The molecule has 1 rings (SSSR count). The van der Waals surface area contributed by atoms with E-state index in [-0.39, 0.29) is 5.78 Å². The standard InChI is InChI=1S/C18H33NO3/c1-2-3-4-5-6-7-8-9-10-11-13-19-14-12-16(18(21)22)17(20)15-19/h16H,2-15H2,1H3,(H,21,22). The Morgan fingerprint density at radius 1 is 1.05 bits per heavy atom. The summed E-state index contributed by atoms with van der Waals surface area (Å²) >= 11 is 0. The van der Waals surface area contributed by atoms with E-state index in [2.05, 4.69) is 11.8 Å². The molecule has 0 aliphatic carbocycles. The van der Waals surface area contributed by atoms with Crippen molar-refractivity contribution in [2.75, 3.05) is 19.6 Å². The molecule has 0 spiro atoms. The van der Waals surface area contributed by atoms with E-state index in [1.807, 2.05) is 0 Å². The molecule has 0 aromatic heterocycles. The second-order valence-electron chi connectivity index (χ2n) is 6.60. The number of Topliss-reactive ketones (excluding diaryl/α,β-unsaturated/α-hetero) is 1. The molecule has 1 saturated heterocycles. The van der Waals surface area contributed by atoms with Crippen molar-refractivity contribution in [3.05, 3.63) is 0 Å². The molecule has 0 radical (unpaired) electrons. The molecular weight excluding hydrogens is 278 g/mol. The van der Waals surface area contributed by atoms with Crippen molar-refractivity contribution in [2.24, 2.45) is 5.92 Å². The molecule has 0 bridgehead atoms. The average Bonchev–Trinajstić information content (AvgIpc) is 2.49. The van der Waals surface area contributed by atoms with E-state index >= 15 is 0 Å². The van der Waals surface area contributed by atoms with Crippen LogP contribution in [-0.4, -0.2) is 41.4 Å². The van der Waals surface area contributed by atoms with E-state index in [0.29, 0.717) is 13.0 Å². The van der Waals surface area contributed by atoms with Crippen molar-refractivity contribution in [1.29, 1.82) is 0 Å². The number of ketones is 1. The van der Waals surface area contributed by atoms with Crippen LogP contribution in [-0.2, 0) is 9.59 Å². The largest absolute Gasteiger partial charge is 0.481 e. The second kappa shape index (κ2) is 11.6. The maximum Gasteiger partial charge on any atom is 0.314 e. The Hall–Kier alpha value is -0.900. The third-order valence-corrected chi connectivity index (χ3v) is 4.63. The third-order valence-electron chi connectivity index (χ3n) is 4.63. The zero-order valence-electron chi connectivity index (χ0n) is 14.2. The van der Waals surface area contributed by atoms with E-state index in [9.17, 15) is 9.59 Å². The lowest BCUT2D eigenvalue weighted by Crippen LogP contribution is -2.43. The summed E-state index contributed by atoms with van der Waals surface area (Å²) in [5, 5.41) is 8.92. The number of unbranched alkanes of at least 4 members (excludes halogenated alkanes) is 9. The smallest absolute Gasteiger partial charge is 0.314 e. The maximum atomic E-state index is 11.7. The summed E-state index contributed by atoms with van der Waals surface area (Å²) < 4.78 is 0. The van der Waals surface area contributed by atoms with Crippen molar-refractivity contribution in [2.45, 2.75) is 77.6 Å². The van der Waals surface area contributed by atoms with Gasteiger partial charge in [-0.05, 0) is 25.9 Å². The summed E-state index contributed by atoms with van der Waals surface area (Å²) in [4.78, 5) is 24.7. The Morgan fingerprint density at radius 3 is 2.09 bits per heavy atom. The van der Waals surface area contributed by atoms with Gasteiger partial charge >= 0.3 is 5.97 Å². The van der Waals surface area contributed by atoms with Gasteiger partial charge in [-0.1, -0.05) is 64.7 Å². The zero-order valence-corrected chi connectivity index (χ0v) is 14.2. The van der Waals surface area contributed by atoms with Crippen LogP contribution < -0.4 is 0 Å². The van der Waals surface area contributed by atoms with E-state index in [0.717, 1.165) is 19.5 Å². The minimum atomic E-state index is -0.955. The summed E-state index contributed by atoms with van der Waals surface area (Å²) in [7, 11) is 0. The monoisotopic (exact) mass is 311 g/mol. The quantitative estimate of drug-likeness (QED) is 0.439. The fourth-order valence-electron chi connectivity index (χ4n) is 3.16. The average molecular weight is 311 g/mol. The van der Waals surface area contributed by atoms with Crippen LogP contribution in [0.25, 0.3) is 0 Å². The molecule has 128 valence electrons. The fourth-order valence-corrected chi connectivity index (χ4v) is 3.16. The number of carbonyl (C=O) groups is 2. The van der Waals surface area contributed by atoms with Crippen LogP contribution >= 0.6 is 0 Å². The fraction of sp³-hybridized carbons (Fsp3) is 0.889. The highest BCUT2D eigenvalue weighted by molar-refractivity contribution is 5.99. The number of piperidine rings is 1. The van der Waals surface area contributed by atoms with Gasteiger partial charge in [0.05, 0.1) is 6.54 Å². The summed E-state index contributed by atoms with van der Waals surface area (Å²) in [6.45, 7) is 4.26. The highest BCUT2D eigenvalue weighted by Gasteiger charge is 2.31. The summed E-state index contributed by atoms with van der Waals surface area (Å²) in [6.07, 6.45) is 13.6. The van der Waals surface area contributed by atoms with Gasteiger partial charge in [0.1, 0.15) is 5.92 Å². The van der Waals surface area contributed by atoms with Crippen LogP contribution in [0.3, 0.4) is 0 Å². The van der Waals surface area contributed by atoms with Crippen LogP contribution in [0, 0.1) is 5.92 Å². The molecule has 0 saturated carbocycles. The number of carbonyl (C=O) groups excluding carboxylic acids is 1. The minimum absolute atomic E-state index is 0.120. The molecule has 1 aliphatic heterocycles. The normalized spacial score (nSPS) is 19.5. The van der Waals surface area contributed by atoms with Gasteiger partial charge in [-0.15, -0.1) is 0 Å². The van der Waals surface area contributed by atoms with Crippen LogP contribution in [0.5, 0.6) is 0 Å². The Balaban J connectivity index is 1.93. The van der Waals surface area contributed by atoms with Gasteiger partial charge in [-0.2, -0.15) is 0 Å². The van der Waals surface area contributed by atoms with E-state index in [1.54, 1.807) is 0 Å². The topological polar surface area (TPSA) is 57.6 Å². The molecule has 1 heterocycles. The molecular formula is C18H33NO3. The van der Waals surface area contributed by atoms with Crippen molar-refractivity contribution < 1.29 is 14.7 Å². The van der Waals surface area contributed by atoms with Gasteiger partial charge in [-0.25, -0.2) is 0 Å². The highest BCUT2D eigenvalue weighted by atomic mass is 16.4. The van der Waals surface area contributed by atoms with Gasteiger partial charge in [0.25, 0.3) is 0 Å². The van der Waals surface area contributed by atoms with Gasteiger partial charge in [0, 0.05) is 0 Å². The second-order valence-corrected chi connectivity index (χ2v) is 6.60. The van der Waals surface area contributed by atoms with Crippen LogP contribution in [0.2, 0.25) is 0 Å². The molecule has 1 unspecified atom stereocenters. The number of likely N-dealkylation sites (tertiary alicyclic amines) is 1. The summed E-state index contributed by atoms with van der Waals surface area (Å²) in [6, 6.07) is 0. The first kappa shape index (κ1) is 19.1. The van der Waals surface area contributed by atoms with E-state index in [1.165, 1.54) is 57.8 Å². The Labute approximate surface area is 135 Å². The first-order chi connectivity index (χ1) is 10.6. The highest BCUT2D eigenvalue weighted by Crippen LogP contribution is 2.15. The van der Waals surface area contributed by atoms with Crippen molar-refractivity contribution in [3.8, 4) is 0 Å². The Kier molecular flexibility index (Phi) is 10.1. The molecule has 0 amide bonds. The lowest BCUT2D eigenvalue weighted by molar-refractivity contribution is -0.148. The van der Waals surface area contributed by atoms with Gasteiger partial charge < -0.3 is 5.11 Å². The molecule has 4 nitrogen and oxygen atoms in total. The zero-order chi connectivity index (χ0) is 16.2. The first-order valence-electron chi connectivity index (χ1n) is 9.13. The molecule has 1 atom stereocenters. The minimum Gasteiger partial charge on any atom is -0.481 e. The van der Waals surface area contributed by atoms with Crippen LogP contribution in [0.15, 0.2) is 0 Å². The number of hydrogen-bond acceptors (Lipinski definition) is 3. The van der Waals surface area contributed by atoms with Gasteiger partial charge in [0.2, 0.25) is 0 Å². The maximum absolute atomic E-state index is 11.7. The molecule has 0 aromatic carbocycles. The number of carboxylic acid groups (broad SMARTS) is 1. The summed E-state index contributed by atoms with van der Waals surface area (Å²) in [5.74, 6) is -1.83. The lowest BCUT2D eigenvalue weighted by Gasteiger charge is -2.28. The van der Waals surface area contributed by atoms with Crippen molar-refractivity contribution in [1.82, 2.24) is 4.90 Å². The molecule has 4 heteroatoms. The van der Waals surface area contributed by atoms with Crippen molar-refractivity contribution in [3.63, 3.8) is 0 Å². The molecule has 22 heavy (non-hydrogen) atoms. The Bertz CT molecular complexity index is 330. The predicted octanol–water partition coefficient (Wildman–Crippen LogP) is 3.88. The van der Waals surface area contributed by atoms with Gasteiger partial charge in [-0.3, -0.25) is 14.5 Å². The van der Waals surface area contributed by atoms with Gasteiger partial charge in [0.15, 0.2) is 5.78 Å². The molecule has 1 N–H and O–H groups in total. The molecule has 1 fully saturated rings. The number of nitrogens with zero attached hydrogens (tertiary/aromatic N) is 1. The predicted molar refractivity (Wildman–Crippen MR) is 89.0 cm³/mol. The lowest BCUT2D eigenvalue weighted by atomic mass is 9.95. The third kappa shape index (κ3) is 7.92. The Morgan fingerprint density at radius 2 is 1.59 bits per heavy atom. The first-order valence-corrected chi connectivity index (χ1v) is 9.13. The van der Waals surface area contributed by atoms with Crippen molar-refractivity contribution >= 4 is 11.8 Å². The number of rotatable bonds is 12. The van der Waals surface area contributed by atoms with E-state index < -0.39 is 11.9 Å². The number of hydrogen-bond donors (Lipinski definition) is 1. The molecule has 1 aliphatic rings. The van der Waals surface area contributed by atoms with Crippen LogP contribution in [0.1, 0.15) is 77.6 Å². The summed E-state index contributed by atoms with van der Waals surface area (Å²) in [5.41, 5.74) is 0. The SMILES string of the molecule is CCCCCCCCCCCCN1CCC(C(=O)O)C(=O)C1. The number of aliphatic carboxylic acids is 1. The molecule has 0 aromatic rings. The van der Waals surface area contributed by atoms with Crippen LogP contribution in [0.4, 0.5) is 0 Å².